The zero-order valence-electron chi connectivity index (χ0n) is 16.6. The van der Waals surface area contributed by atoms with Crippen LogP contribution < -0.4 is 5.32 Å². The topological polar surface area (TPSA) is 96.3 Å². The van der Waals surface area contributed by atoms with E-state index in [1.165, 1.54) is 7.11 Å². The largest absolute Gasteiger partial charge is 0.468 e. The molecule has 0 aliphatic carbocycles. The molecule has 1 unspecified atom stereocenters. The number of hydrogen-bond acceptors (Lipinski definition) is 5. The van der Waals surface area contributed by atoms with Gasteiger partial charge in [0.05, 0.1) is 13.2 Å². The second-order valence-corrected chi connectivity index (χ2v) is 6.71. The smallest absolute Gasteiger partial charge is 0.331 e. The van der Waals surface area contributed by atoms with Gasteiger partial charge in [0.25, 0.3) is 5.91 Å². The molecular formula is C23H24N2O4. The van der Waals surface area contributed by atoms with Crippen LogP contribution in [0.25, 0.3) is 0 Å². The van der Waals surface area contributed by atoms with Gasteiger partial charge in [-0.1, -0.05) is 61.9 Å². The maximum atomic E-state index is 12.8. The van der Waals surface area contributed by atoms with Crippen molar-refractivity contribution in [3.05, 3.63) is 71.8 Å². The van der Waals surface area contributed by atoms with Crippen molar-refractivity contribution in [1.29, 1.82) is 5.26 Å². The maximum Gasteiger partial charge on any atom is 0.331 e. The van der Waals surface area contributed by atoms with E-state index in [0.29, 0.717) is 24.0 Å². The number of methoxy groups -OCH3 is 1. The lowest BCUT2D eigenvalue weighted by Crippen LogP contribution is -2.45. The molecule has 0 bridgehead atoms. The highest BCUT2D eigenvalue weighted by Crippen LogP contribution is 2.38. The Hall–Kier alpha value is -3.46. The second kappa shape index (κ2) is 10.2. The number of rotatable bonds is 8. The van der Waals surface area contributed by atoms with Gasteiger partial charge in [-0.15, -0.1) is 0 Å². The molecule has 2 aromatic rings. The lowest BCUT2D eigenvalue weighted by Gasteiger charge is -2.32. The lowest BCUT2D eigenvalue weighted by molar-refractivity contribution is -0.147. The van der Waals surface area contributed by atoms with Crippen molar-refractivity contribution in [3.8, 4) is 6.07 Å². The summed E-state index contributed by atoms with van der Waals surface area (Å²) in [7, 11) is 1.22. The average molecular weight is 392 g/mol. The number of imide groups is 1. The zero-order valence-corrected chi connectivity index (χ0v) is 16.6. The number of ether oxygens (including phenoxy) is 1. The van der Waals surface area contributed by atoms with E-state index >= 15 is 0 Å². The molecule has 29 heavy (non-hydrogen) atoms. The third-order valence-corrected chi connectivity index (χ3v) is 4.88. The minimum absolute atomic E-state index is 0.163. The molecule has 6 nitrogen and oxygen atoms in total. The zero-order chi connectivity index (χ0) is 21.3. The standard InChI is InChI=1S/C23H24N2O4/c1-3-10-19(15-20(26)25-21(27)17-11-6-4-7-12-17)23(16-24,22(28)29-2)18-13-8-5-9-14-18/h4-9,11-14,19H,3,10,15H2,1-2H3,(H,25,26,27)/t19-,23?/m1/s1. The van der Waals surface area contributed by atoms with E-state index in [2.05, 4.69) is 11.4 Å². The van der Waals surface area contributed by atoms with Crippen LogP contribution in [0.5, 0.6) is 0 Å². The molecule has 0 heterocycles. The number of amides is 2. The Balaban J connectivity index is 2.33. The summed E-state index contributed by atoms with van der Waals surface area (Å²) in [5, 5.41) is 12.4. The van der Waals surface area contributed by atoms with Gasteiger partial charge in [-0.2, -0.15) is 5.26 Å². The Labute approximate surface area is 170 Å². The van der Waals surface area contributed by atoms with Gasteiger partial charge in [0, 0.05) is 17.9 Å². The fraction of sp³-hybridized carbons (Fsp3) is 0.304. The van der Waals surface area contributed by atoms with Gasteiger partial charge in [-0.25, -0.2) is 4.79 Å². The van der Waals surface area contributed by atoms with Crippen LogP contribution in [-0.2, 0) is 19.7 Å². The van der Waals surface area contributed by atoms with Crippen molar-refractivity contribution in [3.63, 3.8) is 0 Å². The average Bonchev–Trinajstić information content (AvgIpc) is 2.75. The van der Waals surface area contributed by atoms with E-state index in [0.717, 1.165) is 0 Å². The molecule has 2 atom stereocenters. The summed E-state index contributed by atoms with van der Waals surface area (Å²) in [5.41, 5.74) is -0.815. The number of nitriles is 1. The first-order valence-electron chi connectivity index (χ1n) is 9.44. The number of nitrogens with one attached hydrogen (secondary N) is 1. The Morgan fingerprint density at radius 3 is 2.17 bits per heavy atom. The van der Waals surface area contributed by atoms with Gasteiger partial charge in [0.15, 0.2) is 5.41 Å². The first kappa shape index (κ1) is 21.8. The molecule has 0 aliphatic rings. The summed E-state index contributed by atoms with van der Waals surface area (Å²) in [6, 6.07) is 19.1. The predicted molar refractivity (Wildman–Crippen MR) is 108 cm³/mol. The van der Waals surface area contributed by atoms with Gasteiger partial charge in [0.2, 0.25) is 5.91 Å². The summed E-state index contributed by atoms with van der Waals surface area (Å²) in [6.45, 7) is 1.91. The fourth-order valence-electron chi connectivity index (χ4n) is 3.47. The molecular weight excluding hydrogens is 368 g/mol. The molecule has 2 aromatic carbocycles. The molecule has 150 valence electrons. The Morgan fingerprint density at radius 2 is 1.66 bits per heavy atom. The molecule has 0 saturated heterocycles. The van der Waals surface area contributed by atoms with E-state index in [-0.39, 0.29) is 6.42 Å². The third-order valence-electron chi connectivity index (χ3n) is 4.88. The van der Waals surface area contributed by atoms with Crippen molar-refractivity contribution in [2.24, 2.45) is 5.92 Å². The van der Waals surface area contributed by atoms with Crippen LogP contribution in [0.2, 0.25) is 0 Å². The number of carbonyl (C=O) groups excluding carboxylic acids is 3. The summed E-state index contributed by atoms with van der Waals surface area (Å²) < 4.78 is 4.96. The Bertz CT molecular complexity index is 890. The maximum absolute atomic E-state index is 12.8. The van der Waals surface area contributed by atoms with Crippen molar-refractivity contribution in [1.82, 2.24) is 5.32 Å². The van der Waals surface area contributed by atoms with Crippen LogP contribution in [0, 0.1) is 17.2 Å². The quantitative estimate of drug-likeness (QED) is 0.695. The van der Waals surface area contributed by atoms with Crippen LogP contribution in [-0.4, -0.2) is 24.9 Å². The first-order valence-corrected chi connectivity index (χ1v) is 9.44. The van der Waals surface area contributed by atoms with Gasteiger partial charge < -0.3 is 4.74 Å². The first-order chi connectivity index (χ1) is 14.0. The van der Waals surface area contributed by atoms with Crippen molar-refractivity contribution < 1.29 is 19.1 Å². The third kappa shape index (κ3) is 4.88. The highest BCUT2D eigenvalue weighted by molar-refractivity contribution is 6.04. The van der Waals surface area contributed by atoms with E-state index in [1.54, 1.807) is 60.7 Å². The van der Waals surface area contributed by atoms with Crippen LogP contribution in [0.15, 0.2) is 60.7 Å². The molecule has 0 aromatic heterocycles. The lowest BCUT2D eigenvalue weighted by atomic mass is 9.68. The fourth-order valence-corrected chi connectivity index (χ4v) is 3.47. The van der Waals surface area contributed by atoms with E-state index in [9.17, 15) is 19.6 Å². The molecule has 0 spiro atoms. The summed E-state index contributed by atoms with van der Waals surface area (Å²) in [6.07, 6.45) is 0.923. The number of nitrogens with zero attached hydrogens (tertiary/aromatic N) is 1. The second-order valence-electron chi connectivity index (χ2n) is 6.71. The SMILES string of the molecule is CCC[C@H](CC(=O)NC(=O)c1ccccc1)C(C#N)(C(=O)OC)c1ccccc1. The molecule has 0 fully saturated rings. The summed E-state index contributed by atoms with van der Waals surface area (Å²) >= 11 is 0. The molecule has 0 aliphatic heterocycles. The van der Waals surface area contributed by atoms with E-state index < -0.39 is 29.1 Å². The van der Waals surface area contributed by atoms with Crippen molar-refractivity contribution >= 4 is 17.8 Å². The van der Waals surface area contributed by atoms with Crippen LogP contribution in [0.3, 0.4) is 0 Å². The summed E-state index contributed by atoms with van der Waals surface area (Å²) in [5.74, 6) is -2.44. The predicted octanol–water partition coefficient (Wildman–Crippen LogP) is 3.38. The molecule has 2 rings (SSSR count). The number of benzene rings is 2. The van der Waals surface area contributed by atoms with E-state index in [4.69, 9.17) is 4.74 Å². The van der Waals surface area contributed by atoms with Crippen molar-refractivity contribution in [2.75, 3.05) is 7.11 Å². The molecule has 6 heteroatoms. The minimum Gasteiger partial charge on any atom is -0.468 e. The number of hydrogen-bond donors (Lipinski definition) is 1. The van der Waals surface area contributed by atoms with Gasteiger partial charge in [0.1, 0.15) is 0 Å². The van der Waals surface area contributed by atoms with Crippen LogP contribution >= 0.6 is 0 Å². The highest BCUT2D eigenvalue weighted by atomic mass is 16.5. The summed E-state index contributed by atoms with van der Waals surface area (Å²) in [4.78, 5) is 37.7. The van der Waals surface area contributed by atoms with Crippen molar-refractivity contribution in [2.45, 2.75) is 31.6 Å². The minimum atomic E-state index is -1.64. The highest BCUT2D eigenvalue weighted by Gasteiger charge is 2.49. The van der Waals surface area contributed by atoms with E-state index in [1.807, 2.05) is 6.92 Å². The molecule has 0 saturated carbocycles. The van der Waals surface area contributed by atoms with Gasteiger partial charge in [-0.05, 0) is 24.1 Å². The van der Waals surface area contributed by atoms with Crippen LogP contribution in [0.4, 0.5) is 0 Å². The molecule has 2 amide bonds. The monoisotopic (exact) mass is 392 g/mol. The molecule has 0 radical (unpaired) electrons. The number of carbonyl (C=O) groups is 3. The Morgan fingerprint density at radius 1 is 1.07 bits per heavy atom. The van der Waals surface area contributed by atoms with Crippen LogP contribution in [0.1, 0.15) is 42.1 Å². The number of esters is 1. The Kier molecular flexibility index (Phi) is 7.67. The normalized spacial score (nSPS) is 13.4. The van der Waals surface area contributed by atoms with Gasteiger partial charge >= 0.3 is 5.97 Å². The van der Waals surface area contributed by atoms with Gasteiger partial charge in [-0.3, -0.25) is 14.9 Å². The molecule has 1 N–H and O–H groups in total.